The molecule has 1 aromatic carbocycles. The second-order valence-corrected chi connectivity index (χ2v) is 10.0. The van der Waals surface area contributed by atoms with Crippen molar-refractivity contribution in [2.75, 3.05) is 6.54 Å². The Morgan fingerprint density at radius 3 is 2.60 bits per heavy atom. The Labute approximate surface area is 154 Å². The molecule has 1 aliphatic heterocycles. The summed E-state index contributed by atoms with van der Waals surface area (Å²) in [6, 6.07) is 9.91. The molecule has 0 bridgehead atoms. The van der Waals surface area contributed by atoms with E-state index in [-0.39, 0.29) is 6.04 Å². The number of hydrogen-bond donors (Lipinski definition) is 0. The smallest absolute Gasteiger partial charge is 0.207 e. The van der Waals surface area contributed by atoms with Crippen molar-refractivity contribution in [2.45, 2.75) is 62.3 Å². The van der Waals surface area contributed by atoms with E-state index in [0.29, 0.717) is 11.4 Å². The Morgan fingerprint density at radius 1 is 0.960 bits per heavy atom. The van der Waals surface area contributed by atoms with E-state index >= 15 is 0 Å². The molecule has 0 amide bonds. The number of thiophene rings is 1. The van der Waals surface area contributed by atoms with Crippen molar-refractivity contribution < 1.29 is 8.42 Å². The van der Waals surface area contributed by atoms with Crippen LogP contribution in [0.4, 0.5) is 0 Å². The molecule has 1 aliphatic carbocycles. The maximum atomic E-state index is 13.5. The average molecular weight is 376 g/mol. The molecule has 2 heterocycles. The van der Waals surface area contributed by atoms with Gasteiger partial charge < -0.3 is 0 Å². The van der Waals surface area contributed by atoms with Gasteiger partial charge in [-0.15, -0.1) is 11.3 Å². The van der Waals surface area contributed by atoms with Gasteiger partial charge in [-0.1, -0.05) is 25.0 Å². The second kappa shape index (κ2) is 7.22. The van der Waals surface area contributed by atoms with Crippen LogP contribution in [0.2, 0.25) is 0 Å². The molecular formula is C20H25NO2S2. The number of fused-ring (bicyclic) bond motifs is 1. The maximum absolute atomic E-state index is 13.5. The summed E-state index contributed by atoms with van der Waals surface area (Å²) in [4.78, 5) is 1.65. The Morgan fingerprint density at radius 2 is 1.80 bits per heavy atom. The number of benzene rings is 1. The van der Waals surface area contributed by atoms with E-state index in [4.69, 9.17) is 0 Å². The summed E-state index contributed by atoms with van der Waals surface area (Å²) in [5, 5.41) is 2.05. The molecular weight excluding hydrogens is 350 g/mol. The first-order chi connectivity index (χ1) is 12.2. The third kappa shape index (κ3) is 3.42. The first-order valence-electron chi connectivity index (χ1n) is 9.33. The van der Waals surface area contributed by atoms with Crippen LogP contribution < -0.4 is 0 Å². The lowest BCUT2D eigenvalue weighted by atomic mass is 9.92. The highest BCUT2D eigenvalue weighted by Crippen LogP contribution is 2.37. The Hall–Kier alpha value is -1.17. The number of rotatable bonds is 3. The predicted octanol–water partition coefficient (Wildman–Crippen LogP) is 4.93. The quantitative estimate of drug-likeness (QED) is 0.762. The van der Waals surface area contributed by atoms with E-state index in [1.807, 2.05) is 29.6 Å². The first kappa shape index (κ1) is 17.3. The third-order valence-electron chi connectivity index (χ3n) is 5.50. The zero-order valence-corrected chi connectivity index (χ0v) is 16.1. The number of nitrogens with zero attached hydrogens (tertiary/aromatic N) is 1. The molecule has 5 heteroatoms. The first-order valence-corrected chi connectivity index (χ1v) is 11.7. The van der Waals surface area contributed by atoms with Crippen molar-refractivity contribution in [3.63, 3.8) is 0 Å². The van der Waals surface area contributed by atoms with Gasteiger partial charge in [-0.25, -0.2) is 8.42 Å². The van der Waals surface area contributed by atoms with Crippen LogP contribution in [0.25, 0.3) is 0 Å². The van der Waals surface area contributed by atoms with Gasteiger partial charge in [0.2, 0.25) is 10.0 Å². The van der Waals surface area contributed by atoms with Crippen molar-refractivity contribution in [3.8, 4) is 0 Å². The average Bonchev–Trinajstić information content (AvgIpc) is 3.05. The zero-order valence-electron chi connectivity index (χ0n) is 14.5. The fourth-order valence-corrected chi connectivity index (χ4v) is 6.81. The summed E-state index contributed by atoms with van der Waals surface area (Å²) in [6.45, 7) is 0.627. The summed E-state index contributed by atoms with van der Waals surface area (Å²) < 4.78 is 28.7. The molecule has 0 unspecified atom stereocenters. The lowest BCUT2D eigenvalue weighted by Gasteiger charge is -2.29. The van der Waals surface area contributed by atoms with Crippen molar-refractivity contribution in [1.29, 1.82) is 0 Å². The van der Waals surface area contributed by atoms with Crippen LogP contribution in [0.5, 0.6) is 0 Å². The fourth-order valence-electron chi connectivity index (χ4n) is 4.14. The van der Waals surface area contributed by atoms with Gasteiger partial charge in [-0.3, -0.25) is 0 Å². The number of sulfonamides is 1. The highest BCUT2D eigenvalue weighted by Gasteiger charge is 2.34. The molecule has 0 N–H and O–H groups in total. The molecule has 1 saturated heterocycles. The molecule has 0 radical (unpaired) electrons. The van der Waals surface area contributed by atoms with Crippen molar-refractivity contribution in [2.24, 2.45) is 0 Å². The van der Waals surface area contributed by atoms with E-state index in [0.717, 1.165) is 44.9 Å². The molecule has 134 valence electrons. The van der Waals surface area contributed by atoms with Gasteiger partial charge >= 0.3 is 0 Å². The molecule has 2 aromatic rings. The maximum Gasteiger partial charge on any atom is 0.243 e. The number of hydrogen-bond acceptors (Lipinski definition) is 3. The van der Waals surface area contributed by atoms with Crippen LogP contribution in [-0.4, -0.2) is 19.3 Å². The summed E-state index contributed by atoms with van der Waals surface area (Å²) >= 11 is 1.67. The summed E-state index contributed by atoms with van der Waals surface area (Å²) in [5.41, 5.74) is 2.56. The standard InChI is InChI=1S/C20H25NO2S2/c22-25(23,18-12-11-16-7-3-4-8-17(16)15-18)21-13-5-1-2-9-19(21)20-10-6-14-24-20/h6,10-12,14-15,19H,1-5,7-9,13H2/t19-/m1/s1. The fraction of sp³-hybridized carbons (Fsp3) is 0.500. The minimum absolute atomic E-state index is 0.0106. The Kier molecular flexibility index (Phi) is 4.98. The van der Waals surface area contributed by atoms with E-state index in [2.05, 4.69) is 6.07 Å². The normalized spacial score (nSPS) is 22.3. The second-order valence-electron chi connectivity index (χ2n) is 7.13. The zero-order chi connectivity index (χ0) is 17.3. The van der Waals surface area contributed by atoms with E-state index in [1.54, 1.807) is 15.6 Å². The summed E-state index contributed by atoms with van der Waals surface area (Å²) in [6.07, 6.45) is 8.54. The van der Waals surface area contributed by atoms with Crippen LogP contribution in [0, 0.1) is 0 Å². The Balaban J connectivity index is 1.72. The van der Waals surface area contributed by atoms with Gasteiger partial charge in [0.25, 0.3) is 0 Å². The summed E-state index contributed by atoms with van der Waals surface area (Å²) in [7, 11) is -3.45. The molecule has 2 aliphatic rings. The van der Waals surface area contributed by atoms with Crippen LogP contribution in [0.15, 0.2) is 40.6 Å². The van der Waals surface area contributed by atoms with Gasteiger partial charge in [-0.2, -0.15) is 4.31 Å². The highest BCUT2D eigenvalue weighted by molar-refractivity contribution is 7.89. The predicted molar refractivity (Wildman–Crippen MR) is 103 cm³/mol. The minimum Gasteiger partial charge on any atom is -0.207 e. The SMILES string of the molecule is O=S(=O)(c1ccc2c(c1)CCCC2)N1CCCCC[C@@H]1c1cccs1. The van der Waals surface area contributed by atoms with Crippen LogP contribution in [0.1, 0.15) is 60.6 Å². The van der Waals surface area contributed by atoms with Crippen molar-refractivity contribution in [3.05, 3.63) is 51.7 Å². The monoisotopic (exact) mass is 375 g/mol. The van der Waals surface area contributed by atoms with Gasteiger partial charge in [-0.05, 0) is 73.2 Å². The van der Waals surface area contributed by atoms with E-state index < -0.39 is 10.0 Å². The topological polar surface area (TPSA) is 37.4 Å². The van der Waals surface area contributed by atoms with Crippen LogP contribution in [0.3, 0.4) is 0 Å². The summed E-state index contributed by atoms with van der Waals surface area (Å²) in [5.74, 6) is 0. The van der Waals surface area contributed by atoms with Crippen molar-refractivity contribution >= 4 is 21.4 Å². The lowest BCUT2D eigenvalue weighted by molar-refractivity contribution is 0.333. The molecule has 1 aromatic heterocycles. The Bertz CT molecular complexity index is 827. The van der Waals surface area contributed by atoms with Gasteiger partial charge in [0, 0.05) is 11.4 Å². The minimum atomic E-state index is -3.45. The molecule has 1 atom stereocenters. The third-order valence-corrected chi connectivity index (χ3v) is 8.38. The van der Waals surface area contributed by atoms with Gasteiger partial charge in [0.1, 0.15) is 0 Å². The van der Waals surface area contributed by atoms with Crippen LogP contribution in [-0.2, 0) is 22.9 Å². The molecule has 25 heavy (non-hydrogen) atoms. The van der Waals surface area contributed by atoms with E-state index in [1.165, 1.54) is 22.4 Å². The molecule has 3 nitrogen and oxygen atoms in total. The van der Waals surface area contributed by atoms with Gasteiger partial charge in [0.15, 0.2) is 0 Å². The largest absolute Gasteiger partial charge is 0.243 e. The van der Waals surface area contributed by atoms with Gasteiger partial charge in [0.05, 0.1) is 10.9 Å². The molecule has 0 spiro atoms. The molecule has 4 rings (SSSR count). The molecule has 1 fully saturated rings. The van der Waals surface area contributed by atoms with E-state index in [9.17, 15) is 8.42 Å². The molecule has 0 saturated carbocycles. The van der Waals surface area contributed by atoms with Crippen LogP contribution >= 0.6 is 11.3 Å². The highest BCUT2D eigenvalue weighted by atomic mass is 32.2. The number of aryl methyl sites for hydroxylation is 2. The lowest BCUT2D eigenvalue weighted by Crippen LogP contribution is -2.34. The van der Waals surface area contributed by atoms with Crippen molar-refractivity contribution in [1.82, 2.24) is 4.31 Å².